The fraction of sp³-hybridized carbons (Fsp3) is 0.448. The highest BCUT2D eigenvalue weighted by atomic mass is 32.1. The van der Waals surface area contributed by atoms with Crippen LogP contribution >= 0.6 is 11.3 Å². The lowest BCUT2D eigenvalue weighted by Crippen LogP contribution is -2.36. The number of aromatic nitrogens is 1. The SMILES string of the molecule is CCCC(C)CN1CCC(c2nc(C(=O)Nc3ccccc3-c3ccc(CC)cc3)cs2)CC1. The maximum absolute atomic E-state index is 13.1. The summed E-state index contributed by atoms with van der Waals surface area (Å²) in [4.78, 5) is 20.4. The molecule has 1 N–H and O–H groups in total. The highest BCUT2D eigenvalue weighted by Crippen LogP contribution is 2.32. The van der Waals surface area contributed by atoms with Crippen molar-refractivity contribution in [1.82, 2.24) is 9.88 Å². The van der Waals surface area contributed by atoms with Crippen LogP contribution in [0, 0.1) is 5.92 Å². The standard InChI is InChI=1S/C29H37N3OS/c1-4-8-21(3)19-32-17-15-24(16-18-32)29-31-27(20-34-29)28(33)30-26-10-7-6-9-25(26)23-13-11-22(5-2)12-14-23/h6-7,9-14,20-21,24H,4-5,8,15-19H2,1-3H3,(H,30,33). The third kappa shape index (κ3) is 6.13. The second-order valence-electron chi connectivity index (χ2n) is 9.59. The number of likely N-dealkylation sites (tertiary alicyclic amines) is 1. The summed E-state index contributed by atoms with van der Waals surface area (Å²) in [5.74, 6) is 1.10. The molecule has 4 nitrogen and oxygen atoms in total. The Morgan fingerprint density at radius 2 is 1.85 bits per heavy atom. The molecule has 0 spiro atoms. The smallest absolute Gasteiger partial charge is 0.275 e. The van der Waals surface area contributed by atoms with Gasteiger partial charge in [-0.15, -0.1) is 11.3 Å². The number of amides is 1. The van der Waals surface area contributed by atoms with Gasteiger partial charge in [0.15, 0.2) is 0 Å². The summed E-state index contributed by atoms with van der Waals surface area (Å²) >= 11 is 1.63. The summed E-state index contributed by atoms with van der Waals surface area (Å²) in [6.45, 7) is 10.2. The molecule has 1 aliphatic rings. The normalized spacial score (nSPS) is 15.9. The van der Waals surface area contributed by atoms with Gasteiger partial charge in [0.2, 0.25) is 0 Å². The van der Waals surface area contributed by atoms with E-state index in [1.807, 2.05) is 23.6 Å². The van der Waals surface area contributed by atoms with Gasteiger partial charge in [0.1, 0.15) is 5.69 Å². The Hall–Kier alpha value is -2.50. The number of aryl methyl sites for hydroxylation is 1. The summed E-state index contributed by atoms with van der Waals surface area (Å²) in [7, 11) is 0. The first-order valence-electron chi connectivity index (χ1n) is 12.7. The first-order chi connectivity index (χ1) is 16.6. The number of hydrogen-bond acceptors (Lipinski definition) is 4. The van der Waals surface area contributed by atoms with Crippen LogP contribution in [0.3, 0.4) is 0 Å². The quantitative estimate of drug-likeness (QED) is 0.355. The van der Waals surface area contributed by atoms with Gasteiger partial charge in [-0.1, -0.05) is 69.7 Å². The van der Waals surface area contributed by atoms with Gasteiger partial charge in [0.05, 0.1) is 5.01 Å². The van der Waals surface area contributed by atoms with Crippen molar-refractivity contribution in [3.05, 3.63) is 70.2 Å². The summed E-state index contributed by atoms with van der Waals surface area (Å²) in [6, 6.07) is 16.5. The number of benzene rings is 2. The Balaban J connectivity index is 1.38. The van der Waals surface area contributed by atoms with E-state index < -0.39 is 0 Å². The van der Waals surface area contributed by atoms with Gasteiger partial charge in [0.25, 0.3) is 5.91 Å². The molecule has 0 aliphatic carbocycles. The average molecular weight is 476 g/mol. The lowest BCUT2D eigenvalue weighted by molar-refractivity contribution is 0.102. The molecule has 1 amide bonds. The van der Waals surface area contributed by atoms with Crippen LogP contribution in [0.2, 0.25) is 0 Å². The van der Waals surface area contributed by atoms with Crippen molar-refractivity contribution in [2.45, 2.75) is 58.8 Å². The molecule has 1 aromatic heterocycles. The lowest BCUT2D eigenvalue weighted by atomic mass is 9.96. The number of piperidine rings is 1. The number of anilines is 1. The van der Waals surface area contributed by atoms with Crippen molar-refractivity contribution in [1.29, 1.82) is 0 Å². The van der Waals surface area contributed by atoms with Crippen molar-refractivity contribution < 1.29 is 4.79 Å². The van der Waals surface area contributed by atoms with E-state index in [1.54, 1.807) is 11.3 Å². The Kier molecular flexibility index (Phi) is 8.52. The molecule has 1 unspecified atom stereocenters. The Morgan fingerprint density at radius 1 is 1.12 bits per heavy atom. The molecule has 4 rings (SSSR count). The third-order valence-corrected chi connectivity index (χ3v) is 7.90. The number of nitrogens with one attached hydrogen (secondary N) is 1. The molecule has 180 valence electrons. The van der Waals surface area contributed by atoms with E-state index in [-0.39, 0.29) is 5.91 Å². The van der Waals surface area contributed by atoms with Crippen molar-refractivity contribution in [3.63, 3.8) is 0 Å². The topological polar surface area (TPSA) is 45.2 Å². The largest absolute Gasteiger partial charge is 0.320 e. The molecule has 0 saturated carbocycles. The zero-order valence-electron chi connectivity index (χ0n) is 20.7. The van der Waals surface area contributed by atoms with Gasteiger partial charge in [-0.05, 0) is 61.9 Å². The van der Waals surface area contributed by atoms with E-state index >= 15 is 0 Å². The van der Waals surface area contributed by atoms with Gasteiger partial charge < -0.3 is 10.2 Å². The molecule has 3 aromatic rings. The number of carbonyl (C=O) groups is 1. The third-order valence-electron chi connectivity index (χ3n) is 6.89. The Bertz CT molecular complexity index is 1070. The van der Waals surface area contributed by atoms with Crippen LogP contribution in [0.4, 0.5) is 5.69 Å². The molecule has 5 heteroatoms. The highest BCUT2D eigenvalue weighted by molar-refractivity contribution is 7.10. The zero-order valence-corrected chi connectivity index (χ0v) is 21.5. The van der Waals surface area contributed by atoms with Crippen molar-refractivity contribution >= 4 is 22.9 Å². The fourth-order valence-corrected chi connectivity index (χ4v) is 5.89. The molecule has 34 heavy (non-hydrogen) atoms. The summed E-state index contributed by atoms with van der Waals surface area (Å²) in [5.41, 5.74) is 4.78. The molecule has 2 aromatic carbocycles. The molecular formula is C29H37N3OS. The number of nitrogens with zero attached hydrogens (tertiary/aromatic N) is 2. The van der Waals surface area contributed by atoms with Crippen LogP contribution in [0.5, 0.6) is 0 Å². The minimum Gasteiger partial charge on any atom is -0.320 e. The molecular weight excluding hydrogens is 438 g/mol. The Morgan fingerprint density at radius 3 is 2.56 bits per heavy atom. The summed E-state index contributed by atoms with van der Waals surface area (Å²) < 4.78 is 0. The Labute approximate surface area is 208 Å². The van der Waals surface area contributed by atoms with Crippen LogP contribution in [0.25, 0.3) is 11.1 Å². The van der Waals surface area contributed by atoms with E-state index in [9.17, 15) is 4.79 Å². The van der Waals surface area contributed by atoms with Gasteiger partial charge in [-0.25, -0.2) is 4.98 Å². The molecule has 2 heterocycles. The molecule has 1 aliphatic heterocycles. The summed E-state index contributed by atoms with van der Waals surface area (Å²) in [5, 5.41) is 6.13. The predicted molar refractivity (Wildman–Crippen MR) is 144 cm³/mol. The van der Waals surface area contributed by atoms with Crippen molar-refractivity contribution in [2.24, 2.45) is 5.92 Å². The number of carbonyl (C=O) groups excluding carboxylic acids is 1. The van der Waals surface area contributed by atoms with E-state index in [1.165, 1.54) is 24.9 Å². The van der Waals surface area contributed by atoms with Crippen LogP contribution in [-0.2, 0) is 6.42 Å². The van der Waals surface area contributed by atoms with E-state index in [2.05, 4.69) is 61.3 Å². The van der Waals surface area contributed by atoms with E-state index in [0.717, 1.165) is 60.1 Å². The van der Waals surface area contributed by atoms with Crippen LogP contribution < -0.4 is 5.32 Å². The highest BCUT2D eigenvalue weighted by Gasteiger charge is 2.25. The maximum atomic E-state index is 13.1. The second-order valence-corrected chi connectivity index (χ2v) is 10.5. The van der Waals surface area contributed by atoms with Gasteiger partial charge in [-0.2, -0.15) is 0 Å². The maximum Gasteiger partial charge on any atom is 0.275 e. The van der Waals surface area contributed by atoms with Crippen LogP contribution in [0.1, 0.15) is 73.4 Å². The minimum atomic E-state index is -0.133. The van der Waals surface area contributed by atoms with Crippen molar-refractivity contribution in [3.8, 4) is 11.1 Å². The van der Waals surface area contributed by atoms with Crippen LogP contribution in [-0.4, -0.2) is 35.4 Å². The molecule has 1 atom stereocenters. The number of para-hydroxylation sites is 1. The lowest BCUT2D eigenvalue weighted by Gasteiger charge is -2.32. The summed E-state index contributed by atoms with van der Waals surface area (Å²) in [6.07, 6.45) is 5.84. The van der Waals surface area contributed by atoms with Crippen molar-refractivity contribution in [2.75, 3.05) is 25.0 Å². The first kappa shape index (κ1) is 24.6. The molecule has 1 saturated heterocycles. The average Bonchev–Trinajstić information content (AvgIpc) is 3.36. The van der Waals surface area contributed by atoms with Gasteiger partial charge >= 0.3 is 0 Å². The van der Waals surface area contributed by atoms with Gasteiger partial charge in [-0.3, -0.25) is 4.79 Å². The predicted octanol–water partition coefficient (Wildman–Crippen LogP) is 7.24. The van der Waals surface area contributed by atoms with E-state index in [4.69, 9.17) is 4.98 Å². The number of hydrogen-bond donors (Lipinski definition) is 1. The monoisotopic (exact) mass is 475 g/mol. The molecule has 0 radical (unpaired) electrons. The van der Waals surface area contributed by atoms with E-state index in [0.29, 0.717) is 11.6 Å². The molecule has 1 fully saturated rings. The number of thiazole rings is 1. The van der Waals surface area contributed by atoms with Gasteiger partial charge in [0, 0.05) is 29.1 Å². The fourth-order valence-electron chi connectivity index (χ4n) is 4.92. The zero-order chi connectivity index (χ0) is 23.9. The molecule has 0 bridgehead atoms. The first-order valence-corrected chi connectivity index (χ1v) is 13.6. The van der Waals surface area contributed by atoms with Crippen LogP contribution in [0.15, 0.2) is 53.9 Å². The number of rotatable bonds is 9. The second kappa shape index (κ2) is 11.8. The minimum absolute atomic E-state index is 0.133.